The molecule has 0 aliphatic heterocycles. The van der Waals surface area contributed by atoms with Crippen LogP contribution < -0.4 is 61.9 Å². The molecule has 7 amide bonds. The summed E-state index contributed by atoms with van der Waals surface area (Å²) in [6, 6.07) is 17.4. The molecule has 0 unspecified atom stereocenters. The molecule has 0 aliphatic rings. The number of nitrogens with zero attached hydrogens (tertiary/aromatic N) is 12. The van der Waals surface area contributed by atoms with E-state index in [0.717, 1.165) is 0 Å². The van der Waals surface area contributed by atoms with Crippen molar-refractivity contribution < 1.29 is 124 Å². The second kappa shape index (κ2) is 44.6. The van der Waals surface area contributed by atoms with Gasteiger partial charge in [0, 0.05) is 183 Å². The third-order valence-corrected chi connectivity index (χ3v) is 19.0. The van der Waals surface area contributed by atoms with Crippen LogP contribution >= 0.6 is 12.4 Å². The highest BCUT2D eigenvalue weighted by Gasteiger charge is 2.29. The summed E-state index contributed by atoms with van der Waals surface area (Å²) in [5.41, 5.74) is 9.40. The molecule has 0 radical (unpaired) electrons. The summed E-state index contributed by atoms with van der Waals surface area (Å²) in [5.74, 6) is -6.65. The molecule has 138 heavy (non-hydrogen) atoms. The monoisotopic (exact) mass is 1930 g/mol. The van der Waals surface area contributed by atoms with Gasteiger partial charge < -0.3 is 134 Å². The summed E-state index contributed by atoms with van der Waals surface area (Å²) in [6.07, 6.45) is 16.5. The van der Waals surface area contributed by atoms with E-state index in [1.54, 1.807) is 203 Å². The van der Waals surface area contributed by atoms with Crippen molar-refractivity contribution >= 4 is 148 Å². The number of methoxy groups -OCH3 is 3. The van der Waals surface area contributed by atoms with Gasteiger partial charge in [0.05, 0.1) is 66.8 Å². The van der Waals surface area contributed by atoms with Gasteiger partial charge >= 0.3 is 66.0 Å². The van der Waals surface area contributed by atoms with Crippen molar-refractivity contribution in [3.05, 3.63) is 215 Å². The number of anilines is 8. The molecule has 10 N–H and O–H groups in total. The van der Waals surface area contributed by atoms with Crippen LogP contribution in [-0.2, 0) is 113 Å². The fourth-order valence-electron chi connectivity index (χ4n) is 12.9. The van der Waals surface area contributed by atoms with E-state index in [9.17, 15) is 71.9 Å². The van der Waals surface area contributed by atoms with E-state index in [2.05, 4.69) is 42.0 Å². The number of rotatable bonds is 23. The Balaban J connectivity index is 0.000000250. The number of ether oxygens (including phenoxy) is 10. The van der Waals surface area contributed by atoms with Gasteiger partial charge in [0.2, 0.25) is 0 Å². The minimum absolute atomic E-state index is 0. The number of carboxylic acids is 1. The van der Waals surface area contributed by atoms with Crippen LogP contribution in [0.1, 0.15) is 196 Å². The fourth-order valence-corrected chi connectivity index (χ4v) is 12.9. The molecule has 12 rings (SSSR count). The van der Waals surface area contributed by atoms with E-state index in [0.29, 0.717) is 51.2 Å². The van der Waals surface area contributed by atoms with Crippen molar-refractivity contribution in [1.29, 1.82) is 0 Å². The second-order valence-corrected chi connectivity index (χ2v) is 33.6. The number of carbonyl (C=O) groups is 15. The molecule has 12 aromatic rings. The van der Waals surface area contributed by atoms with Gasteiger partial charge in [0.1, 0.15) is 108 Å². The topological polar surface area (TPSA) is 538 Å². The number of aryl methyl sites for hydroxylation is 12. The Kier molecular flexibility index (Phi) is 34.9. The quantitative estimate of drug-likeness (QED) is 0.0212. The fraction of sp³-hybridized carbons (Fsp3) is 0.308. The van der Waals surface area contributed by atoms with Gasteiger partial charge in [0.25, 0.3) is 23.6 Å². The largest absolute Gasteiger partial charge is 0.477 e. The summed E-state index contributed by atoms with van der Waals surface area (Å²) in [7, 11) is 23.4. The number of carbonyl (C=O) groups excluding carboxylic acids is 14. The van der Waals surface area contributed by atoms with E-state index in [1.165, 1.54) is 167 Å². The zero-order valence-electron chi connectivity index (χ0n) is 79.4. The van der Waals surface area contributed by atoms with Crippen LogP contribution in [0.2, 0.25) is 0 Å². The third kappa shape index (κ3) is 28.7. The molecule has 0 bridgehead atoms. The predicted octanol–water partition coefficient (Wildman–Crippen LogP) is 12.4. The van der Waals surface area contributed by atoms with Crippen molar-refractivity contribution in [2.75, 3.05) is 64.3 Å². The van der Waals surface area contributed by atoms with Gasteiger partial charge in [-0.05, 0) is 111 Å². The molecule has 0 atom stereocenters. The Morgan fingerprint density at radius 3 is 0.623 bits per heavy atom. The second-order valence-electron chi connectivity index (χ2n) is 33.6. The highest BCUT2D eigenvalue weighted by atomic mass is 35.5. The first-order valence-corrected chi connectivity index (χ1v) is 40.8. The standard InChI is InChI=1S/2C24H29N5O7.C23H27N5O7.C19H21N5O5.CH4.ClH/c2*1-24(2,3)36-23(33)26-15-8-17(27(4)12-15)20(30)25-14-9-18(28(5)11-14)22(32)35-16-10-19(21(31)34-7)29(6)13-16;1-23(2,3)35-22(33)25-14-7-16(26(4)11-14)19(29)24-13-8-18(27(5)10-13)21(32)34-15-9-17(20(30)31)28(6)12-15;1-22-8-11(20)5-14(22)17(25)21-12-6-15(23(2)9-12)19(27)29-13-7-16(18(26)28-4)24(3)10-13;;/h2*8-13H,1-7H3,(H,25,30)(H,26,33);7-12H,1-6H3,(H,24,29)(H,25,33)(H,30,31);5-10H,20H2,1-4H3,(H,21,25);1H4;1H. The van der Waals surface area contributed by atoms with Crippen molar-refractivity contribution in [3.63, 3.8) is 0 Å². The Labute approximate surface area is 796 Å². The van der Waals surface area contributed by atoms with E-state index < -0.39 is 101 Å². The maximum absolute atomic E-state index is 12.8. The number of esters is 7. The molecule has 0 aliphatic carbocycles. The molecular formula is C91H111ClN20O26. The number of nitrogen functional groups attached to an aromatic ring is 1. The number of amides is 7. The van der Waals surface area contributed by atoms with E-state index in [4.69, 9.17) is 53.5 Å². The van der Waals surface area contributed by atoms with Gasteiger partial charge in [0.15, 0.2) is 0 Å². The van der Waals surface area contributed by atoms with Crippen LogP contribution in [0.25, 0.3) is 0 Å². The average molecular weight is 1940 g/mol. The first-order chi connectivity index (χ1) is 63.5. The molecule has 0 spiro atoms. The van der Waals surface area contributed by atoms with Crippen LogP contribution in [0.4, 0.5) is 59.9 Å². The lowest BCUT2D eigenvalue weighted by Gasteiger charge is -2.19. The first kappa shape index (κ1) is 108. The number of aromatic nitrogens is 12. The number of aromatic carboxylic acids is 1. The van der Waals surface area contributed by atoms with Crippen LogP contribution in [0, 0.1) is 0 Å². The lowest BCUT2D eigenvalue weighted by Crippen LogP contribution is -2.27. The zero-order chi connectivity index (χ0) is 101. The lowest BCUT2D eigenvalue weighted by molar-refractivity contribution is 0.0581. The Bertz CT molecular complexity index is 6420. The maximum Gasteiger partial charge on any atom is 0.412 e. The smallest absolute Gasteiger partial charge is 0.412 e. The number of nitrogens with one attached hydrogen (secondary N) is 7. The highest BCUT2D eigenvalue weighted by Crippen LogP contribution is 2.29. The van der Waals surface area contributed by atoms with Gasteiger partial charge in [-0.15, -0.1) is 12.4 Å². The first-order valence-electron chi connectivity index (χ1n) is 40.8. The van der Waals surface area contributed by atoms with Crippen molar-refractivity contribution in [2.45, 2.75) is 86.5 Å². The van der Waals surface area contributed by atoms with Gasteiger partial charge in [-0.3, -0.25) is 35.1 Å². The number of halogens is 1. The number of nitrogens with two attached hydrogens (primary N) is 1. The van der Waals surface area contributed by atoms with Gasteiger partial charge in [-0.1, -0.05) is 7.43 Å². The molecule has 12 aromatic heterocycles. The summed E-state index contributed by atoms with van der Waals surface area (Å²) in [5, 5.41) is 27.7. The van der Waals surface area contributed by atoms with Gasteiger partial charge in [-0.2, -0.15) is 0 Å². The van der Waals surface area contributed by atoms with Gasteiger partial charge in [-0.25, -0.2) is 52.7 Å². The van der Waals surface area contributed by atoms with Crippen molar-refractivity contribution in [1.82, 2.24) is 54.8 Å². The van der Waals surface area contributed by atoms with E-state index in [1.807, 2.05) is 0 Å². The minimum atomic E-state index is -1.15. The molecule has 0 saturated heterocycles. The Morgan fingerprint density at radius 2 is 0.428 bits per heavy atom. The average Bonchev–Trinajstić information content (AvgIpc) is 1.71. The molecule has 738 valence electrons. The van der Waals surface area contributed by atoms with E-state index in [-0.39, 0.29) is 111 Å². The Hall–Kier alpha value is -17.1. The Morgan fingerprint density at radius 1 is 0.254 bits per heavy atom. The molecule has 0 aromatic carbocycles. The molecule has 12 heterocycles. The predicted molar refractivity (Wildman–Crippen MR) is 506 cm³/mol. The van der Waals surface area contributed by atoms with Crippen molar-refractivity contribution in [2.24, 2.45) is 84.6 Å². The van der Waals surface area contributed by atoms with Crippen molar-refractivity contribution in [3.8, 4) is 23.0 Å². The summed E-state index contributed by atoms with van der Waals surface area (Å²) < 4.78 is 69.1. The SMILES string of the molecule is C.COC(=O)c1cc(OC(=O)c2cc(NC(=O)c3cc(N)cn3C)cn2C)cn1C.COC(=O)c1cc(OC(=O)c2cc(NC(=O)c3cc(NC(=O)OC(C)(C)C)cn3C)cn2C)cn1C.COC(=O)c1cc(OC(=O)c2cc(NC(=O)c3cc(NC(=O)OC(C)(C)C)cn3C)cn2C)cn1C.Cl.Cn1cc(OC(=O)c2cc(NC(=O)c3cc(NC(=O)OC(C)(C)C)cn3C)cn2C)cc1C(=O)O. The maximum atomic E-state index is 12.8. The molecule has 47 heteroatoms. The number of hydrogen-bond acceptors (Lipinski definition) is 26. The lowest BCUT2D eigenvalue weighted by atomic mass is 10.2. The summed E-state index contributed by atoms with van der Waals surface area (Å²) >= 11 is 0. The minimum Gasteiger partial charge on any atom is -0.477 e. The van der Waals surface area contributed by atoms with Crippen LogP contribution in [0.5, 0.6) is 23.0 Å². The summed E-state index contributed by atoms with van der Waals surface area (Å²) in [6.45, 7) is 15.7. The third-order valence-electron chi connectivity index (χ3n) is 19.0. The zero-order valence-corrected chi connectivity index (χ0v) is 80.2. The molecular weight excluding hydrogens is 1820 g/mol. The molecule has 0 saturated carbocycles. The van der Waals surface area contributed by atoms with E-state index >= 15 is 0 Å². The summed E-state index contributed by atoms with van der Waals surface area (Å²) in [4.78, 5) is 184. The normalized spacial score (nSPS) is 10.8. The molecule has 46 nitrogen and oxygen atoms in total. The van der Waals surface area contributed by atoms with Crippen LogP contribution in [0.3, 0.4) is 0 Å². The van der Waals surface area contributed by atoms with Crippen LogP contribution in [0.15, 0.2) is 147 Å². The number of carboxylic acid groups (broad SMARTS) is 1. The molecule has 0 fully saturated rings. The number of hydrogen-bond donors (Lipinski definition) is 9. The van der Waals surface area contributed by atoms with Crippen LogP contribution in [-0.4, -0.2) is 188 Å². The highest BCUT2D eigenvalue weighted by molar-refractivity contribution is 6.09.